The second kappa shape index (κ2) is 4.68. The van der Waals surface area contributed by atoms with E-state index in [2.05, 4.69) is 52.4 Å². The highest BCUT2D eigenvalue weighted by Gasteiger charge is 2.03. The molecule has 0 aliphatic rings. The number of aryl methyl sites for hydroxylation is 2. The van der Waals surface area contributed by atoms with Crippen LogP contribution >= 0.6 is 0 Å². The van der Waals surface area contributed by atoms with Crippen molar-refractivity contribution < 1.29 is 0 Å². The molecule has 0 atom stereocenters. The van der Waals surface area contributed by atoms with Gasteiger partial charge in [0.1, 0.15) is 0 Å². The van der Waals surface area contributed by atoms with Crippen LogP contribution in [0.2, 0.25) is 0 Å². The van der Waals surface area contributed by atoms with Crippen LogP contribution < -0.4 is 5.32 Å². The van der Waals surface area contributed by atoms with E-state index in [-0.39, 0.29) is 0 Å². The minimum atomic E-state index is 0.594. The Morgan fingerprint density at radius 2 is 2.11 bits per heavy atom. The first-order valence-corrected chi connectivity index (χ1v) is 6.20. The van der Waals surface area contributed by atoms with Gasteiger partial charge in [-0.15, -0.1) is 5.10 Å². The molecular weight excluding hydrogens is 238 g/mol. The van der Waals surface area contributed by atoms with Crippen LogP contribution in [0.15, 0.2) is 36.7 Å². The predicted octanol–water partition coefficient (Wildman–Crippen LogP) is 2.35. The smallest absolute Gasteiger partial charge is 0.253 e. The number of benzene rings is 1. The lowest BCUT2D eigenvalue weighted by molar-refractivity contribution is 0.932. The highest BCUT2D eigenvalue weighted by Crippen LogP contribution is 2.11. The van der Waals surface area contributed by atoms with Gasteiger partial charge in [0.25, 0.3) is 5.78 Å². The van der Waals surface area contributed by atoms with E-state index in [1.807, 2.05) is 12.3 Å². The van der Waals surface area contributed by atoms with Crippen LogP contribution in [0.4, 0.5) is 5.95 Å². The van der Waals surface area contributed by atoms with Crippen molar-refractivity contribution in [3.05, 3.63) is 53.3 Å². The Balaban J connectivity index is 1.76. The Morgan fingerprint density at radius 1 is 1.21 bits per heavy atom. The van der Waals surface area contributed by atoms with Crippen LogP contribution in [0.1, 0.15) is 16.7 Å². The van der Waals surface area contributed by atoms with E-state index in [1.54, 1.807) is 10.7 Å². The van der Waals surface area contributed by atoms with Gasteiger partial charge in [0.15, 0.2) is 0 Å². The summed E-state index contributed by atoms with van der Waals surface area (Å²) >= 11 is 0. The molecular formula is C14H15N5. The summed E-state index contributed by atoms with van der Waals surface area (Å²) in [4.78, 5) is 8.43. The van der Waals surface area contributed by atoms with Gasteiger partial charge in [-0.25, -0.2) is 9.50 Å². The Morgan fingerprint density at radius 3 is 2.89 bits per heavy atom. The summed E-state index contributed by atoms with van der Waals surface area (Å²) in [5.74, 6) is 1.20. The first kappa shape index (κ1) is 11.6. The van der Waals surface area contributed by atoms with E-state index in [9.17, 15) is 0 Å². The standard InChI is InChI=1S/C14H15N5/c1-10-4-5-12(8-11(10)2)9-16-13-17-14-15-6-3-7-19(14)18-13/h3-8H,9H2,1-2H3,(H,16,18). The quantitative estimate of drug-likeness (QED) is 0.778. The molecule has 0 fully saturated rings. The van der Waals surface area contributed by atoms with Gasteiger partial charge in [-0.1, -0.05) is 18.2 Å². The maximum Gasteiger partial charge on any atom is 0.253 e. The van der Waals surface area contributed by atoms with E-state index in [4.69, 9.17) is 0 Å². The lowest BCUT2D eigenvalue weighted by atomic mass is 10.1. The molecule has 1 N–H and O–H groups in total. The largest absolute Gasteiger partial charge is 0.349 e. The van der Waals surface area contributed by atoms with E-state index in [0.29, 0.717) is 18.3 Å². The zero-order valence-electron chi connectivity index (χ0n) is 11.0. The molecule has 0 saturated heterocycles. The number of nitrogens with one attached hydrogen (secondary N) is 1. The highest BCUT2D eigenvalue weighted by molar-refractivity contribution is 5.37. The van der Waals surface area contributed by atoms with E-state index in [1.165, 1.54) is 16.7 Å². The summed E-state index contributed by atoms with van der Waals surface area (Å²) in [5.41, 5.74) is 3.82. The lowest BCUT2D eigenvalue weighted by Crippen LogP contribution is -2.01. The van der Waals surface area contributed by atoms with Crippen LogP contribution in [0.5, 0.6) is 0 Å². The van der Waals surface area contributed by atoms with Gasteiger partial charge in [-0.3, -0.25) is 0 Å². The van der Waals surface area contributed by atoms with Crippen LogP contribution in [0.3, 0.4) is 0 Å². The Bertz CT molecular complexity index is 684. The molecule has 0 aliphatic heterocycles. The molecule has 3 aromatic rings. The zero-order valence-corrected chi connectivity index (χ0v) is 11.0. The second-order valence-electron chi connectivity index (χ2n) is 4.57. The number of hydrogen-bond donors (Lipinski definition) is 1. The highest BCUT2D eigenvalue weighted by atomic mass is 15.4. The van der Waals surface area contributed by atoms with E-state index < -0.39 is 0 Å². The molecule has 5 nitrogen and oxygen atoms in total. The van der Waals surface area contributed by atoms with Gasteiger partial charge in [-0.2, -0.15) is 4.98 Å². The molecule has 0 radical (unpaired) electrons. The summed E-state index contributed by atoms with van der Waals surface area (Å²) in [5, 5.41) is 7.51. The van der Waals surface area contributed by atoms with Crippen LogP contribution in [0.25, 0.3) is 5.78 Å². The molecule has 0 spiro atoms. The molecule has 2 heterocycles. The first-order valence-electron chi connectivity index (χ1n) is 6.20. The maximum absolute atomic E-state index is 4.30. The molecule has 2 aromatic heterocycles. The summed E-state index contributed by atoms with van der Waals surface area (Å²) in [7, 11) is 0. The predicted molar refractivity (Wildman–Crippen MR) is 74.0 cm³/mol. The summed E-state index contributed by atoms with van der Waals surface area (Å²) in [6.07, 6.45) is 3.54. The summed E-state index contributed by atoms with van der Waals surface area (Å²) in [6, 6.07) is 8.25. The fourth-order valence-electron chi connectivity index (χ4n) is 1.90. The van der Waals surface area contributed by atoms with E-state index >= 15 is 0 Å². The molecule has 0 unspecified atom stereocenters. The first-order chi connectivity index (χ1) is 9.22. The number of fused-ring (bicyclic) bond motifs is 1. The summed E-state index contributed by atoms with van der Waals surface area (Å²) in [6.45, 7) is 4.94. The van der Waals surface area contributed by atoms with Gasteiger partial charge >= 0.3 is 0 Å². The zero-order chi connectivity index (χ0) is 13.2. The van der Waals surface area contributed by atoms with Gasteiger partial charge in [0.05, 0.1) is 0 Å². The number of nitrogens with zero attached hydrogens (tertiary/aromatic N) is 4. The van der Waals surface area contributed by atoms with Gasteiger partial charge in [0, 0.05) is 18.9 Å². The van der Waals surface area contributed by atoms with Gasteiger partial charge in [-0.05, 0) is 36.6 Å². The van der Waals surface area contributed by atoms with Crippen LogP contribution in [-0.2, 0) is 6.54 Å². The normalized spacial score (nSPS) is 10.8. The lowest BCUT2D eigenvalue weighted by Gasteiger charge is -2.05. The summed E-state index contributed by atoms with van der Waals surface area (Å²) < 4.78 is 1.66. The topological polar surface area (TPSA) is 55.1 Å². The van der Waals surface area contributed by atoms with Crippen molar-refractivity contribution in [2.24, 2.45) is 0 Å². The number of aromatic nitrogens is 4. The Hall–Kier alpha value is -2.43. The third-order valence-corrected chi connectivity index (χ3v) is 3.14. The van der Waals surface area contributed by atoms with Crippen molar-refractivity contribution in [1.82, 2.24) is 19.6 Å². The minimum absolute atomic E-state index is 0.594. The Kier molecular flexibility index (Phi) is 2.87. The third-order valence-electron chi connectivity index (χ3n) is 3.14. The van der Waals surface area contributed by atoms with Gasteiger partial charge < -0.3 is 5.32 Å². The molecule has 0 bridgehead atoms. The molecule has 0 saturated carbocycles. The number of hydrogen-bond acceptors (Lipinski definition) is 4. The maximum atomic E-state index is 4.30. The molecule has 5 heteroatoms. The van der Waals surface area contributed by atoms with Crippen molar-refractivity contribution in [2.45, 2.75) is 20.4 Å². The average Bonchev–Trinajstić information content (AvgIpc) is 2.83. The third kappa shape index (κ3) is 2.40. The molecule has 0 amide bonds. The van der Waals surface area contributed by atoms with Crippen molar-refractivity contribution >= 4 is 11.7 Å². The fraction of sp³-hybridized carbons (Fsp3) is 0.214. The van der Waals surface area contributed by atoms with Crippen LogP contribution in [-0.4, -0.2) is 19.6 Å². The Labute approximate surface area is 111 Å². The molecule has 19 heavy (non-hydrogen) atoms. The molecule has 0 aliphatic carbocycles. The molecule has 1 aromatic carbocycles. The molecule has 96 valence electrons. The fourth-order valence-corrected chi connectivity index (χ4v) is 1.90. The SMILES string of the molecule is Cc1ccc(CNc2nc3ncccn3n2)cc1C. The number of rotatable bonds is 3. The van der Waals surface area contributed by atoms with Crippen molar-refractivity contribution in [2.75, 3.05) is 5.32 Å². The van der Waals surface area contributed by atoms with E-state index in [0.717, 1.165) is 0 Å². The van der Waals surface area contributed by atoms with Crippen molar-refractivity contribution in [3.8, 4) is 0 Å². The monoisotopic (exact) mass is 253 g/mol. The average molecular weight is 253 g/mol. The van der Waals surface area contributed by atoms with Crippen molar-refractivity contribution in [3.63, 3.8) is 0 Å². The molecule has 3 rings (SSSR count). The minimum Gasteiger partial charge on any atom is -0.349 e. The van der Waals surface area contributed by atoms with Crippen LogP contribution in [0, 0.1) is 13.8 Å². The second-order valence-corrected chi connectivity index (χ2v) is 4.57. The van der Waals surface area contributed by atoms with Gasteiger partial charge in [0.2, 0.25) is 5.95 Å². The number of anilines is 1. The van der Waals surface area contributed by atoms with Crippen molar-refractivity contribution in [1.29, 1.82) is 0 Å².